The van der Waals surface area contributed by atoms with Gasteiger partial charge in [0.2, 0.25) is 0 Å². The van der Waals surface area contributed by atoms with E-state index in [-0.39, 0.29) is 13.3 Å². The highest BCUT2D eigenvalue weighted by Gasteiger charge is 2.49. The molecule has 6 aromatic rings. The van der Waals surface area contributed by atoms with Crippen LogP contribution in [0.3, 0.4) is 0 Å². The molecule has 0 radical (unpaired) electrons. The lowest BCUT2D eigenvalue weighted by atomic mass is 9.88. The first-order valence-corrected chi connectivity index (χ1v) is 22.7. The number of pyridine rings is 2. The molecule has 1 N–H and O–H groups in total. The Balaban J connectivity index is 0.000000213. The van der Waals surface area contributed by atoms with Gasteiger partial charge in [-0.2, -0.15) is 58.5 Å². The zero-order chi connectivity index (χ0) is 50.5. The Labute approximate surface area is 403 Å². The SMILES string of the molecule is N#Cc1cccc(-c2cnc(-c3ccncc3)nc2C2CCN(CC(F)(F)F)CC2)c1.N#Cc1cccc(-c2cnc(-c3ccncc3)nc2C2CCNCC2)c1.O=S(=O)(OCC(F)(F)F)C(F)(F)F.[CH3-]. The van der Waals surface area contributed by atoms with Crippen LogP contribution in [-0.2, 0) is 14.3 Å². The number of benzene rings is 2. The molecule has 0 unspecified atom stereocenters. The summed E-state index contributed by atoms with van der Waals surface area (Å²) in [5.74, 6) is 1.67. The molecule has 2 fully saturated rings. The summed E-state index contributed by atoms with van der Waals surface area (Å²) in [7, 11) is -6.15. The predicted molar refractivity (Wildman–Crippen MR) is 244 cm³/mol. The molecule has 2 aliphatic heterocycles. The van der Waals surface area contributed by atoms with Gasteiger partial charge in [0, 0.05) is 71.3 Å². The molecule has 8 rings (SSSR count). The molecule has 0 amide bonds. The molecule has 4 aromatic heterocycles. The Morgan fingerprint density at radius 1 is 0.634 bits per heavy atom. The number of hydrogen-bond acceptors (Lipinski definition) is 13. The van der Waals surface area contributed by atoms with Crippen molar-refractivity contribution in [3.8, 4) is 57.2 Å². The molecule has 2 saturated heterocycles. The lowest BCUT2D eigenvalue weighted by Gasteiger charge is -2.32. The van der Waals surface area contributed by atoms with Crippen molar-refractivity contribution >= 4 is 10.1 Å². The second kappa shape index (κ2) is 24.3. The number of nitrogens with one attached hydrogen (secondary N) is 1. The van der Waals surface area contributed by atoms with Gasteiger partial charge in [-0.05, 0) is 112 Å². The van der Waals surface area contributed by atoms with Gasteiger partial charge in [-0.3, -0.25) is 19.1 Å². The maximum atomic E-state index is 12.8. The van der Waals surface area contributed by atoms with Gasteiger partial charge < -0.3 is 12.7 Å². The number of hydrogen-bond donors (Lipinski definition) is 1. The van der Waals surface area contributed by atoms with Crippen LogP contribution in [0.2, 0.25) is 0 Å². The molecule has 23 heteroatoms. The fourth-order valence-electron chi connectivity index (χ4n) is 7.57. The Kier molecular flexibility index (Phi) is 18.8. The Morgan fingerprint density at radius 3 is 1.46 bits per heavy atom. The number of alkyl halides is 9. The van der Waals surface area contributed by atoms with Crippen LogP contribution >= 0.6 is 0 Å². The molecular weight excluding hydrogens is 968 g/mol. The van der Waals surface area contributed by atoms with Gasteiger partial charge in [-0.15, -0.1) is 0 Å². The van der Waals surface area contributed by atoms with Crippen LogP contribution in [0.4, 0.5) is 39.5 Å². The van der Waals surface area contributed by atoms with Crippen molar-refractivity contribution in [2.45, 2.75) is 55.4 Å². The van der Waals surface area contributed by atoms with Gasteiger partial charge in [0.25, 0.3) is 0 Å². The van der Waals surface area contributed by atoms with Crippen LogP contribution in [-0.4, -0.2) is 100 Å². The van der Waals surface area contributed by atoms with Crippen LogP contribution in [0.25, 0.3) is 45.0 Å². The smallest absolute Gasteiger partial charge is 0.358 e. The largest absolute Gasteiger partial charge is 0.523 e. The minimum absolute atomic E-state index is 0. The number of halogens is 9. The standard InChI is InChI=1S/C23H20F3N5.C21H19N5.C3H2F6O3S.CH3/c24-23(25,26)15-31-10-6-17(7-11-31)21-20(19-3-1-2-16(12-19)13-27)14-29-22(30-21)18-4-8-28-9-5-18;22-13-15-2-1-3-18(12-15)19-14-25-21(17-6-10-24-11-7-17)26-20(19)16-4-8-23-9-5-16;4-2(5,6)1-12-13(10,11)3(7,8)9;/h1-5,8-9,12,14,17H,6-7,10-11,15H2;1-3,6-7,10-12,14,16,23H,4-5,8-9H2;1H2;1H3/q;;;-1. The molecular formula is C48H44F9N10O3S-. The molecule has 13 nitrogen and oxygen atoms in total. The van der Waals surface area contributed by atoms with Crippen molar-refractivity contribution < 1.29 is 52.1 Å². The number of nitriles is 2. The van der Waals surface area contributed by atoms with Crippen LogP contribution < -0.4 is 5.32 Å². The van der Waals surface area contributed by atoms with E-state index in [0.717, 1.165) is 76.5 Å². The number of aromatic nitrogens is 6. The fourth-order valence-corrected chi connectivity index (χ4v) is 8.00. The first kappa shape index (κ1) is 55.0. The number of rotatable bonds is 9. The third kappa shape index (κ3) is 15.8. The van der Waals surface area contributed by atoms with E-state index in [1.807, 2.05) is 60.8 Å². The van der Waals surface area contributed by atoms with E-state index in [0.29, 0.717) is 48.8 Å². The number of piperidine rings is 2. The lowest BCUT2D eigenvalue weighted by molar-refractivity contribution is -0.156. The van der Waals surface area contributed by atoms with E-state index in [1.165, 1.54) is 4.90 Å². The third-order valence-corrected chi connectivity index (χ3v) is 11.9. The summed E-state index contributed by atoms with van der Waals surface area (Å²) in [5.41, 5.74) is 2.67. The Bertz CT molecular complexity index is 2880. The van der Waals surface area contributed by atoms with Gasteiger partial charge in [-0.1, -0.05) is 24.3 Å². The van der Waals surface area contributed by atoms with Gasteiger partial charge in [0.1, 0.15) is 0 Å². The average molecular weight is 1010 g/mol. The first-order chi connectivity index (χ1) is 33.2. The molecule has 0 saturated carbocycles. The quantitative estimate of drug-likeness (QED) is 0.0625. The molecule has 2 aromatic carbocycles. The zero-order valence-corrected chi connectivity index (χ0v) is 38.5. The molecule has 71 heavy (non-hydrogen) atoms. The number of nitrogens with zero attached hydrogens (tertiary/aromatic N) is 9. The topological polar surface area (TPSA) is 184 Å². The summed E-state index contributed by atoms with van der Waals surface area (Å²) < 4.78 is 128. The summed E-state index contributed by atoms with van der Waals surface area (Å²) in [4.78, 5) is 28.4. The summed E-state index contributed by atoms with van der Waals surface area (Å²) in [6.07, 6.45) is 4.43. The summed E-state index contributed by atoms with van der Waals surface area (Å²) in [6, 6.07) is 26.7. The second-order valence-corrected chi connectivity index (χ2v) is 17.4. The Hall–Kier alpha value is -6.92. The van der Waals surface area contributed by atoms with Crippen molar-refractivity contribution in [3.63, 3.8) is 0 Å². The van der Waals surface area contributed by atoms with Gasteiger partial charge in [0.15, 0.2) is 18.3 Å². The Morgan fingerprint density at radius 2 is 1.07 bits per heavy atom. The minimum atomic E-state index is -6.15. The molecule has 0 spiro atoms. The summed E-state index contributed by atoms with van der Waals surface area (Å²) in [5, 5.41) is 21.9. The normalized spacial score (nSPS) is 14.9. The van der Waals surface area contributed by atoms with E-state index >= 15 is 0 Å². The second-order valence-electron chi connectivity index (χ2n) is 15.8. The van der Waals surface area contributed by atoms with E-state index < -0.39 is 41.1 Å². The first-order valence-electron chi connectivity index (χ1n) is 21.3. The molecule has 6 heterocycles. The van der Waals surface area contributed by atoms with Crippen LogP contribution in [0.15, 0.2) is 110 Å². The maximum absolute atomic E-state index is 12.8. The van der Waals surface area contributed by atoms with Gasteiger partial charge in [-0.25, -0.2) is 19.9 Å². The lowest BCUT2D eigenvalue weighted by Crippen LogP contribution is -2.39. The highest BCUT2D eigenvalue weighted by Crippen LogP contribution is 2.37. The van der Waals surface area contributed by atoms with E-state index in [2.05, 4.69) is 41.6 Å². The minimum Gasteiger partial charge on any atom is -0.358 e. The van der Waals surface area contributed by atoms with E-state index in [4.69, 9.17) is 9.97 Å². The maximum Gasteiger partial charge on any atom is 0.523 e. The highest BCUT2D eigenvalue weighted by atomic mass is 32.2. The average Bonchev–Trinajstić information content (AvgIpc) is 3.36. The van der Waals surface area contributed by atoms with Crippen molar-refractivity contribution in [1.82, 2.24) is 40.1 Å². The van der Waals surface area contributed by atoms with Crippen LogP contribution in [0.5, 0.6) is 0 Å². The molecule has 0 bridgehead atoms. The van der Waals surface area contributed by atoms with Gasteiger partial charge >= 0.3 is 28.0 Å². The van der Waals surface area contributed by atoms with Crippen molar-refractivity contribution in [1.29, 1.82) is 10.5 Å². The van der Waals surface area contributed by atoms with Crippen molar-refractivity contribution in [2.75, 3.05) is 39.3 Å². The van der Waals surface area contributed by atoms with Crippen molar-refractivity contribution in [3.05, 3.63) is 140 Å². The molecule has 2 aliphatic rings. The van der Waals surface area contributed by atoms with Crippen LogP contribution in [0, 0.1) is 30.1 Å². The predicted octanol–water partition coefficient (Wildman–Crippen LogP) is 10.2. The number of likely N-dealkylation sites (tertiary alicyclic amines) is 1. The highest BCUT2D eigenvalue weighted by molar-refractivity contribution is 7.87. The summed E-state index contributed by atoms with van der Waals surface area (Å²) in [6.45, 7) is -0.668. The third-order valence-electron chi connectivity index (χ3n) is 10.9. The van der Waals surface area contributed by atoms with Gasteiger partial charge in [0.05, 0.1) is 41.2 Å². The molecule has 0 atom stereocenters. The molecule has 0 aliphatic carbocycles. The van der Waals surface area contributed by atoms with E-state index in [1.54, 1.807) is 49.2 Å². The van der Waals surface area contributed by atoms with E-state index in [9.17, 15) is 58.5 Å². The van der Waals surface area contributed by atoms with Crippen molar-refractivity contribution in [2.24, 2.45) is 0 Å². The molecule has 374 valence electrons. The summed E-state index contributed by atoms with van der Waals surface area (Å²) >= 11 is 0. The van der Waals surface area contributed by atoms with Crippen LogP contribution in [0.1, 0.15) is 60.0 Å². The fraction of sp³-hybridized carbons (Fsp3) is 0.312. The zero-order valence-electron chi connectivity index (χ0n) is 37.7. The monoisotopic (exact) mass is 1010 g/mol.